The predicted octanol–water partition coefficient (Wildman–Crippen LogP) is 4.39. The molecule has 0 N–H and O–H groups in total. The molecule has 14 heteroatoms. The molecule has 0 spiro atoms. The molecule has 0 saturated heterocycles. The van der Waals surface area contributed by atoms with Crippen molar-refractivity contribution in [2.24, 2.45) is 28.6 Å². The molecule has 312 valence electrons. The van der Waals surface area contributed by atoms with Gasteiger partial charge in [0.15, 0.2) is 0 Å². The van der Waals surface area contributed by atoms with Crippen molar-refractivity contribution in [2.45, 2.75) is 87.0 Å². The molecule has 0 aliphatic rings. The number of hydrogen-bond acceptors (Lipinski definition) is 14. The fourth-order valence-electron chi connectivity index (χ4n) is 6.11. The monoisotopic (exact) mass is 764 g/mol. The minimum Gasteiger partial charge on any atom is -0.384 e. The predicted molar refractivity (Wildman–Crippen MR) is 202 cm³/mol. The molecule has 0 aromatic heterocycles. The van der Waals surface area contributed by atoms with Gasteiger partial charge in [0.05, 0.1) is 51.7 Å². The van der Waals surface area contributed by atoms with Crippen molar-refractivity contribution in [2.75, 3.05) is 96.0 Å². The zero-order chi connectivity index (χ0) is 42.0. The normalized spacial score (nSPS) is 11.6. The maximum Gasteiger partial charge on any atom is 0.130 e. The van der Waals surface area contributed by atoms with Gasteiger partial charge in [0, 0.05) is 100 Å². The highest BCUT2D eigenvalue weighted by Gasteiger charge is 2.35. The van der Waals surface area contributed by atoms with Crippen molar-refractivity contribution in [1.82, 2.24) is 0 Å². The number of methoxy groups -OCH3 is 7. The first-order valence-corrected chi connectivity index (χ1v) is 17.6. The molecule has 53 heavy (non-hydrogen) atoms. The second-order valence-electron chi connectivity index (χ2n) is 14.0. The molecule has 0 heterocycles. The van der Waals surface area contributed by atoms with E-state index in [0.717, 1.165) is 6.29 Å². The van der Waals surface area contributed by atoms with Gasteiger partial charge in [-0.05, 0) is 52.9 Å². The Labute approximate surface area is 319 Å². The van der Waals surface area contributed by atoms with E-state index in [1.807, 2.05) is 0 Å². The summed E-state index contributed by atoms with van der Waals surface area (Å²) >= 11 is 0. The maximum atomic E-state index is 11.3. The van der Waals surface area contributed by atoms with E-state index in [0.29, 0.717) is 65.0 Å². The molecule has 0 aromatic carbocycles. The second kappa shape index (κ2) is 35.1. The molecule has 14 nitrogen and oxygen atoms in total. The minimum atomic E-state index is -0.810. The number of Topliss-reactive ketones (excluding diaryl/α,β-unsaturated/α-hetero) is 6. The average molecular weight is 765 g/mol. The second-order valence-corrected chi connectivity index (χ2v) is 14.0. The summed E-state index contributed by atoms with van der Waals surface area (Å²) in [6.07, 6.45) is 1.85. The Bertz CT molecular complexity index is 896. The average Bonchev–Trinajstić information content (AvgIpc) is 3.00. The Kier molecular flexibility index (Phi) is 37.9. The molecule has 0 rings (SSSR count). The molecular formula is C39H72O14. The molecule has 0 aromatic rings. The van der Waals surface area contributed by atoms with Crippen LogP contribution in [0.2, 0.25) is 0 Å². The van der Waals surface area contributed by atoms with E-state index < -0.39 is 5.41 Å². The number of carbonyl (C=O) groups excluding carboxylic acids is 7. The van der Waals surface area contributed by atoms with Crippen molar-refractivity contribution >= 4 is 41.0 Å². The van der Waals surface area contributed by atoms with Crippen LogP contribution in [0.1, 0.15) is 87.0 Å². The number of aldehydes is 1. The lowest BCUT2D eigenvalue weighted by Gasteiger charge is -2.30. The molecular weight excluding hydrogens is 692 g/mol. The van der Waals surface area contributed by atoms with Crippen molar-refractivity contribution in [3.63, 3.8) is 0 Å². The molecule has 0 aliphatic heterocycles. The van der Waals surface area contributed by atoms with E-state index >= 15 is 0 Å². The third-order valence-electron chi connectivity index (χ3n) is 7.56. The van der Waals surface area contributed by atoms with Crippen molar-refractivity contribution in [1.29, 1.82) is 0 Å². The van der Waals surface area contributed by atoms with Gasteiger partial charge in [-0.15, -0.1) is 0 Å². The number of carbonyl (C=O) groups is 7. The number of rotatable bonds is 28. The van der Waals surface area contributed by atoms with Crippen LogP contribution in [0.5, 0.6) is 0 Å². The van der Waals surface area contributed by atoms with Gasteiger partial charge in [-0.2, -0.15) is 0 Å². The van der Waals surface area contributed by atoms with Crippen LogP contribution in [-0.2, 0) is 66.7 Å². The van der Waals surface area contributed by atoms with Crippen LogP contribution >= 0.6 is 0 Å². The molecule has 0 saturated carbocycles. The summed E-state index contributed by atoms with van der Waals surface area (Å²) in [5.41, 5.74) is -0.998. The highest BCUT2D eigenvalue weighted by atomic mass is 16.5. The number of ether oxygens (including phenoxy) is 7. The molecule has 0 radical (unpaired) electrons. The molecule has 1 unspecified atom stereocenters. The van der Waals surface area contributed by atoms with Gasteiger partial charge in [-0.1, -0.05) is 6.92 Å². The Hall–Kier alpha value is -2.59. The molecule has 0 bridgehead atoms. The van der Waals surface area contributed by atoms with Gasteiger partial charge in [-0.3, -0.25) is 0 Å². The van der Waals surface area contributed by atoms with Gasteiger partial charge in [-0.25, -0.2) is 0 Å². The summed E-state index contributed by atoms with van der Waals surface area (Å²) in [4.78, 5) is 77.2. The number of ketones is 6. The Morgan fingerprint density at radius 3 is 0.887 bits per heavy atom. The largest absolute Gasteiger partial charge is 0.384 e. The summed E-state index contributed by atoms with van der Waals surface area (Å²) in [6.45, 7) is 14.7. The first-order chi connectivity index (χ1) is 24.7. The third kappa shape index (κ3) is 34.9. The van der Waals surface area contributed by atoms with Gasteiger partial charge in [0.1, 0.15) is 41.0 Å². The summed E-state index contributed by atoms with van der Waals surface area (Å²) in [5.74, 6) is -0.329. The quantitative estimate of drug-likeness (QED) is 0.102. The van der Waals surface area contributed by atoms with Crippen molar-refractivity contribution in [3.8, 4) is 0 Å². The zero-order valence-electron chi connectivity index (χ0n) is 35.2. The van der Waals surface area contributed by atoms with Crippen LogP contribution in [0, 0.1) is 28.6 Å². The smallest absolute Gasteiger partial charge is 0.130 e. The van der Waals surface area contributed by atoms with Crippen LogP contribution < -0.4 is 0 Å². The van der Waals surface area contributed by atoms with Crippen LogP contribution in [0.25, 0.3) is 0 Å². The lowest BCUT2D eigenvalue weighted by molar-refractivity contribution is -0.129. The van der Waals surface area contributed by atoms with E-state index in [4.69, 9.17) is 33.2 Å². The maximum absolute atomic E-state index is 11.3. The van der Waals surface area contributed by atoms with Gasteiger partial charge in [0.25, 0.3) is 0 Å². The Balaban J connectivity index is -0.000000307. The van der Waals surface area contributed by atoms with Crippen LogP contribution in [0.15, 0.2) is 0 Å². The van der Waals surface area contributed by atoms with E-state index in [1.54, 1.807) is 56.7 Å². The molecule has 0 amide bonds. The topological polar surface area (TPSA) is 184 Å². The summed E-state index contributed by atoms with van der Waals surface area (Å²) in [5, 5.41) is 0. The first kappa shape index (κ1) is 57.1. The summed E-state index contributed by atoms with van der Waals surface area (Å²) in [7, 11) is 11.7. The highest BCUT2D eigenvalue weighted by molar-refractivity contribution is 5.86. The van der Waals surface area contributed by atoms with E-state index in [2.05, 4.69) is 0 Å². The SMILES string of the molecule is CC(=O)CC(CC(C)=O)(CC(C)=O)CC(C)=O.CC(=O)CC(CC(C)=O)C(C)C=O.COCC(COC)(COC)COC.COCC(COC)COC. The van der Waals surface area contributed by atoms with Crippen molar-refractivity contribution < 1.29 is 66.7 Å². The lowest BCUT2D eigenvalue weighted by atomic mass is 9.71. The minimum absolute atomic E-state index is 0.0277. The molecule has 0 aliphatic carbocycles. The number of hydrogen-bond donors (Lipinski definition) is 0. The van der Waals surface area contributed by atoms with Gasteiger partial charge < -0.3 is 66.7 Å². The van der Waals surface area contributed by atoms with Crippen LogP contribution in [0.4, 0.5) is 0 Å². The van der Waals surface area contributed by atoms with Crippen LogP contribution in [0.3, 0.4) is 0 Å². The Morgan fingerprint density at radius 2 is 0.717 bits per heavy atom. The summed E-state index contributed by atoms with van der Waals surface area (Å²) < 4.78 is 35.3. The standard InChI is InChI=1S/C13H20O4.C10H16O3.C9H20O4.C7H16O3/c1-9(14)5-13(6-10(2)15,7-11(3)16)8-12(4)17;1-7(6-11)10(4-8(2)12)5-9(3)13;1-10-5-9(6-11-2,7-12-3)8-13-4;1-8-4-7(5-9-2)6-10-3/h5-8H2,1-4H3;6-7,10H,4-5H2,1-3H3;5-8H2,1-4H3;7H,4-6H2,1-3H3. The molecule has 0 fully saturated rings. The fourth-order valence-corrected chi connectivity index (χ4v) is 6.11. The fraction of sp³-hybridized carbons (Fsp3) is 0.821. The van der Waals surface area contributed by atoms with E-state index in [9.17, 15) is 33.6 Å². The van der Waals surface area contributed by atoms with E-state index in [-0.39, 0.29) is 77.6 Å². The third-order valence-corrected chi connectivity index (χ3v) is 7.56. The van der Waals surface area contributed by atoms with Crippen molar-refractivity contribution in [3.05, 3.63) is 0 Å². The lowest BCUT2D eigenvalue weighted by Crippen LogP contribution is -2.40. The van der Waals surface area contributed by atoms with Gasteiger partial charge in [0.2, 0.25) is 0 Å². The summed E-state index contributed by atoms with van der Waals surface area (Å²) in [6, 6.07) is 0. The molecule has 1 atom stereocenters. The van der Waals surface area contributed by atoms with Gasteiger partial charge >= 0.3 is 0 Å². The zero-order valence-corrected chi connectivity index (χ0v) is 35.2. The highest BCUT2D eigenvalue weighted by Crippen LogP contribution is 2.36. The Morgan fingerprint density at radius 1 is 0.453 bits per heavy atom. The van der Waals surface area contributed by atoms with Crippen LogP contribution in [-0.4, -0.2) is 137 Å². The first-order valence-electron chi connectivity index (χ1n) is 17.6. The van der Waals surface area contributed by atoms with E-state index in [1.165, 1.54) is 41.5 Å².